The second kappa shape index (κ2) is 6.97. The van der Waals surface area contributed by atoms with Crippen molar-refractivity contribution in [2.45, 2.75) is 52.2 Å². The molecule has 0 aliphatic carbocycles. The van der Waals surface area contributed by atoms with E-state index in [4.69, 9.17) is 0 Å². The van der Waals surface area contributed by atoms with Crippen LogP contribution in [0, 0.1) is 5.92 Å². The van der Waals surface area contributed by atoms with Crippen molar-refractivity contribution < 1.29 is 9.90 Å². The monoisotopic (exact) mass is 242 g/mol. The van der Waals surface area contributed by atoms with Gasteiger partial charge in [0.05, 0.1) is 6.10 Å². The van der Waals surface area contributed by atoms with Crippen LogP contribution in [0.1, 0.15) is 40.0 Å². The first-order chi connectivity index (χ1) is 8.02. The molecule has 4 nitrogen and oxygen atoms in total. The SMILES string of the molecule is CCC(O)CN1CCCC(NC(=O)C(C)C)C1. The van der Waals surface area contributed by atoms with E-state index in [9.17, 15) is 9.90 Å². The summed E-state index contributed by atoms with van der Waals surface area (Å²) in [5.41, 5.74) is 0. The van der Waals surface area contributed by atoms with Gasteiger partial charge in [-0.2, -0.15) is 0 Å². The zero-order valence-electron chi connectivity index (χ0n) is 11.3. The molecule has 4 heteroatoms. The smallest absolute Gasteiger partial charge is 0.222 e. The van der Waals surface area contributed by atoms with Crippen LogP contribution in [0.25, 0.3) is 0 Å². The second-order valence-electron chi connectivity index (χ2n) is 5.32. The molecular formula is C13H26N2O2. The number of β-amino-alcohol motifs (C(OH)–C–C–N with tert-alkyl or cyclic N) is 1. The van der Waals surface area contributed by atoms with Gasteiger partial charge in [-0.3, -0.25) is 9.69 Å². The van der Waals surface area contributed by atoms with E-state index in [2.05, 4.69) is 10.2 Å². The van der Waals surface area contributed by atoms with E-state index in [-0.39, 0.29) is 24.0 Å². The molecule has 0 aromatic carbocycles. The van der Waals surface area contributed by atoms with E-state index in [1.54, 1.807) is 0 Å². The summed E-state index contributed by atoms with van der Waals surface area (Å²) < 4.78 is 0. The quantitative estimate of drug-likeness (QED) is 0.756. The molecule has 0 spiro atoms. The fourth-order valence-corrected chi connectivity index (χ4v) is 2.13. The molecule has 1 aliphatic heterocycles. The molecule has 1 fully saturated rings. The summed E-state index contributed by atoms with van der Waals surface area (Å²) in [6.07, 6.45) is 2.70. The predicted octanol–water partition coefficient (Wildman–Crippen LogP) is 0.994. The van der Waals surface area contributed by atoms with Crippen LogP contribution in [0.3, 0.4) is 0 Å². The van der Waals surface area contributed by atoms with Crippen LogP contribution >= 0.6 is 0 Å². The molecule has 1 heterocycles. The fourth-order valence-electron chi connectivity index (χ4n) is 2.13. The van der Waals surface area contributed by atoms with Crippen molar-refractivity contribution >= 4 is 5.91 Å². The molecule has 2 atom stereocenters. The van der Waals surface area contributed by atoms with Crippen molar-refractivity contribution in [3.8, 4) is 0 Å². The number of piperidine rings is 1. The van der Waals surface area contributed by atoms with E-state index in [1.165, 1.54) is 0 Å². The van der Waals surface area contributed by atoms with Crippen LogP contribution < -0.4 is 5.32 Å². The number of amides is 1. The molecule has 2 N–H and O–H groups in total. The number of nitrogens with one attached hydrogen (secondary N) is 1. The lowest BCUT2D eigenvalue weighted by Gasteiger charge is -2.34. The molecule has 0 radical (unpaired) electrons. The third-order valence-electron chi connectivity index (χ3n) is 3.32. The van der Waals surface area contributed by atoms with Gasteiger partial charge in [-0.15, -0.1) is 0 Å². The summed E-state index contributed by atoms with van der Waals surface area (Å²) in [7, 11) is 0. The fraction of sp³-hybridized carbons (Fsp3) is 0.923. The highest BCUT2D eigenvalue weighted by Gasteiger charge is 2.23. The molecule has 17 heavy (non-hydrogen) atoms. The number of likely N-dealkylation sites (tertiary alicyclic amines) is 1. The van der Waals surface area contributed by atoms with Gasteiger partial charge < -0.3 is 10.4 Å². The third kappa shape index (κ3) is 5.04. The topological polar surface area (TPSA) is 52.6 Å². The Kier molecular flexibility index (Phi) is 5.92. The zero-order chi connectivity index (χ0) is 12.8. The van der Waals surface area contributed by atoms with E-state index in [1.807, 2.05) is 20.8 Å². The number of aliphatic hydroxyl groups is 1. The summed E-state index contributed by atoms with van der Waals surface area (Å²) in [5.74, 6) is 0.180. The molecule has 1 saturated heterocycles. The van der Waals surface area contributed by atoms with Crippen LogP contribution in [0.2, 0.25) is 0 Å². The first-order valence-corrected chi connectivity index (χ1v) is 6.73. The number of aliphatic hydroxyl groups excluding tert-OH is 1. The Morgan fingerprint density at radius 1 is 1.53 bits per heavy atom. The standard InChI is InChI=1S/C13H26N2O2/c1-4-12(16)9-15-7-5-6-11(8-15)14-13(17)10(2)3/h10-12,16H,4-9H2,1-3H3,(H,14,17). The lowest BCUT2D eigenvalue weighted by Crippen LogP contribution is -2.50. The lowest BCUT2D eigenvalue weighted by atomic mass is 10.0. The molecule has 1 aliphatic rings. The van der Waals surface area contributed by atoms with Crippen molar-refractivity contribution in [1.29, 1.82) is 0 Å². The molecule has 100 valence electrons. The highest BCUT2D eigenvalue weighted by molar-refractivity contribution is 5.78. The molecule has 0 aromatic heterocycles. The zero-order valence-corrected chi connectivity index (χ0v) is 11.3. The number of rotatable bonds is 5. The molecule has 1 rings (SSSR count). The predicted molar refractivity (Wildman–Crippen MR) is 68.7 cm³/mol. The summed E-state index contributed by atoms with van der Waals surface area (Å²) in [6.45, 7) is 8.45. The van der Waals surface area contributed by atoms with Gasteiger partial charge in [0.2, 0.25) is 5.91 Å². The van der Waals surface area contributed by atoms with Crippen molar-refractivity contribution in [1.82, 2.24) is 10.2 Å². The van der Waals surface area contributed by atoms with Crippen LogP contribution in [-0.4, -0.2) is 47.7 Å². The summed E-state index contributed by atoms with van der Waals surface area (Å²) >= 11 is 0. The minimum atomic E-state index is -0.241. The maximum Gasteiger partial charge on any atom is 0.222 e. The van der Waals surface area contributed by atoms with Crippen LogP contribution in [-0.2, 0) is 4.79 Å². The Bertz CT molecular complexity index is 244. The van der Waals surface area contributed by atoms with Gasteiger partial charge in [-0.05, 0) is 25.8 Å². The Morgan fingerprint density at radius 3 is 2.82 bits per heavy atom. The first-order valence-electron chi connectivity index (χ1n) is 6.73. The van der Waals surface area contributed by atoms with E-state index in [0.717, 1.165) is 38.9 Å². The molecular weight excluding hydrogens is 216 g/mol. The highest BCUT2D eigenvalue weighted by atomic mass is 16.3. The number of hydrogen-bond donors (Lipinski definition) is 2. The molecule has 0 saturated carbocycles. The van der Waals surface area contributed by atoms with Crippen LogP contribution in [0.4, 0.5) is 0 Å². The van der Waals surface area contributed by atoms with Crippen molar-refractivity contribution in [3.05, 3.63) is 0 Å². The summed E-state index contributed by atoms with van der Waals surface area (Å²) in [4.78, 5) is 13.9. The van der Waals surface area contributed by atoms with Crippen LogP contribution in [0.15, 0.2) is 0 Å². The van der Waals surface area contributed by atoms with Crippen molar-refractivity contribution in [2.24, 2.45) is 5.92 Å². The number of carbonyl (C=O) groups excluding carboxylic acids is 1. The van der Waals surface area contributed by atoms with Gasteiger partial charge in [0.15, 0.2) is 0 Å². The maximum absolute atomic E-state index is 11.6. The van der Waals surface area contributed by atoms with Crippen molar-refractivity contribution in [3.63, 3.8) is 0 Å². The van der Waals surface area contributed by atoms with Gasteiger partial charge >= 0.3 is 0 Å². The maximum atomic E-state index is 11.6. The molecule has 0 bridgehead atoms. The minimum Gasteiger partial charge on any atom is -0.392 e. The Hall–Kier alpha value is -0.610. The number of hydrogen-bond acceptors (Lipinski definition) is 3. The molecule has 0 aromatic rings. The Labute approximate surface area is 104 Å². The minimum absolute atomic E-state index is 0.0478. The molecule has 2 unspecified atom stereocenters. The highest BCUT2D eigenvalue weighted by Crippen LogP contribution is 2.11. The van der Waals surface area contributed by atoms with Gasteiger partial charge in [-0.25, -0.2) is 0 Å². The Morgan fingerprint density at radius 2 is 2.24 bits per heavy atom. The van der Waals surface area contributed by atoms with Gasteiger partial charge in [0.25, 0.3) is 0 Å². The number of nitrogens with zero attached hydrogens (tertiary/aromatic N) is 1. The second-order valence-corrected chi connectivity index (χ2v) is 5.32. The average molecular weight is 242 g/mol. The lowest BCUT2D eigenvalue weighted by molar-refractivity contribution is -0.125. The Balaban J connectivity index is 2.36. The van der Waals surface area contributed by atoms with Crippen molar-refractivity contribution in [2.75, 3.05) is 19.6 Å². The van der Waals surface area contributed by atoms with Gasteiger partial charge in [0.1, 0.15) is 0 Å². The van der Waals surface area contributed by atoms with E-state index < -0.39 is 0 Å². The summed E-state index contributed by atoms with van der Waals surface area (Å²) in [6, 6.07) is 0.253. The first kappa shape index (κ1) is 14.5. The molecule has 1 amide bonds. The largest absolute Gasteiger partial charge is 0.392 e. The van der Waals surface area contributed by atoms with Gasteiger partial charge in [-0.1, -0.05) is 20.8 Å². The van der Waals surface area contributed by atoms with E-state index >= 15 is 0 Å². The normalized spacial score (nSPS) is 23.7. The number of carbonyl (C=O) groups is 1. The van der Waals surface area contributed by atoms with Crippen LogP contribution in [0.5, 0.6) is 0 Å². The van der Waals surface area contributed by atoms with E-state index in [0.29, 0.717) is 0 Å². The summed E-state index contributed by atoms with van der Waals surface area (Å²) in [5, 5.41) is 12.7. The third-order valence-corrected chi connectivity index (χ3v) is 3.32. The van der Waals surface area contributed by atoms with Gasteiger partial charge in [0, 0.05) is 25.0 Å². The average Bonchev–Trinajstić information content (AvgIpc) is 2.29.